The Bertz CT molecular complexity index is 991. The maximum Gasteiger partial charge on any atom is 0.416 e. The molecule has 9 nitrogen and oxygen atoms in total. The van der Waals surface area contributed by atoms with Crippen molar-refractivity contribution in [2.24, 2.45) is 0 Å². The van der Waals surface area contributed by atoms with Crippen molar-refractivity contribution in [3.05, 3.63) is 51.7 Å². The minimum absolute atomic E-state index is 0.0152. The lowest BCUT2D eigenvalue weighted by Gasteiger charge is -2.38. The number of amides is 1. The van der Waals surface area contributed by atoms with Gasteiger partial charge in [0.2, 0.25) is 0 Å². The third-order valence-corrected chi connectivity index (χ3v) is 5.41. The van der Waals surface area contributed by atoms with Crippen molar-refractivity contribution in [1.82, 2.24) is 19.4 Å². The van der Waals surface area contributed by atoms with Gasteiger partial charge in [-0.1, -0.05) is 6.07 Å². The van der Waals surface area contributed by atoms with Gasteiger partial charge in [0.05, 0.1) is 12.1 Å². The van der Waals surface area contributed by atoms with Gasteiger partial charge in [-0.3, -0.25) is 14.3 Å². The summed E-state index contributed by atoms with van der Waals surface area (Å²) in [6.07, 6.45) is -3.16. The molecule has 4 rings (SSSR count). The van der Waals surface area contributed by atoms with Crippen LogP contribution in [0.1, 0.15) is 22.8 Å². The number of hydrogen-bond donors (Lipinski definition) is 0. The molecule has 0 saturated carbocycles. The average Bonchev–Trinajstić information content (AvgIpc) is 3.22. The van der Waals surface area contributed by atoms with E-state index in [9.17, 15) is 28.1 Å². The average molecular weight is 439 g/mol. The topological polar surface area (TPSA) is 93.7 Å². The highest BCUT2D eigenvalue weighted by Crippen LogP contribution is 2.32. The van der Waals surface area contributed by atoms with Crippen LogP contribution in [0.3, 0.4) is 0 Å². The fourth-order valence-corrected chi connectivity index (χ4v) is 3.96. The fraction of sp³-hybridized carbons (Fsp3) is 0.474. The van der Waals surface area contributed by atoms with Crippen LogP contribution in [0.2, 0.25) is 0 Å². The van der Waals surface area contributed by atoms with Gasteiger partial charge in [0.15, 0.2) is 0 Å². The lowest BCUT2D eigenvalue weighted by atomic mass is 10.1. The number of alkyl halides is 3. The number of fused-ring (bicyclic) bond motifs is 1. The number of carbonyl (C=O) groups excluding carboxylic acids is 1. The number of hydrogen-bond acceptors (Lipinski definition) is 6. The van der Waals surface area contributed by atoms with Crippen molar-refractivity contribution in [2.75, 3.05) is 32.7 Å². The first-order valence-electron chi connectivity index (χ1n) is 9.64. The number of imidazole rings is 1. The summed E-state index contributed by atoms with van der Waals surface area (Å²) in [7, 11) is 0. The summed E-state index contributed by atoms with van der Waals surface area (Å²) in [5.74, 6) is -0.694. The molecule has 2 aliphatic rings. The summed E-state index contributed by atoms with van der Waals surface area (Å²) in [5, 5.41) is 10.8. The molecular formula is C19H20F3N5O4. The molecule has 31 heavy (non-hydrogen) atoms. The maximum absolute atomic E-state index is 12.9. The predicted molar refractivity (Wildman–Crippen MR) is 102 cm³/mol. The molecule has 1 aromatic carbocycles. The van der Waals surface area contributed by atoms with Crippen molar-refractivity contribution >= 4 is 11.7 Å². The van der Waals surface area contributed by atoms with Crippen LogP contribution in [0, 0.1) is 10.1 Å². The second-order valence-electron chi connectivity index (χ2n) is 7.97. The Morgan fingerprint density at radius 1 is 1.29 bits per heavy atom. The van der Waals surface area contributed by atoms with Crippen LogP contribution in [0.25, 0.3) is 0 Å². The Balaban J connectivity index is 1.33. The van der Waals surface area contributed by atoms with Gasteiger partial charge in [0, 0.05) is 43.3 Å². The second kappa shape index (κ2) is 7.52. The molecule has 0 aliphatic carbocycles. The largest absolute Gasteiger partial charge is 0.436 e. The van der Waals surface area contributed by atoms with Gasteiger partial charge in [-0.25, -0.2) is 0 Å². The van der Waals surface area contributed by atoms with E-state index in [1.165, 1.54) is 23.2 Å². The van der Waals surface area contributed by atoms with E-state index >= 15 is 0 Å². The molecule has 12 heteroatoms. The van der Waals surface area contributed by atoms with Gasteiger partial charge in [-0.2, -0.15) is 13.2 Å². The van der Waals surface area contributed by atoms with Crippen LogP contribution in [0.15, 0.2) is 30.5 Å². The van der Waals surface area contributed by atoms with Gasteiger partial charge in [-0.05, 0) is 30.0 Å². The van der Waals surface area contributed by atoms with Gasteiger partial charge in [0.25, 0.3) is 5.91 Å². The Labute approximate surface area is 175 Å². The zero-order valence-corrected chi connectivity index (χ0v) is 16.6. The first-order chi connectivity index (χ1) is 14.5. The molecule has 0 N–H and O–H groups in total. The molecule has 1 fully saturated rings. The summed E-state index contributed by atoms with van der Waals surface area (Å²) < 4.78 is 46.2. The number of benzene rings is 1. The summed E-state index contributed by atoms with van der Waals surface area (Å²) in [4.78, 5) is 30.4. The molecule has 2 aromatic rings. The van der Waals surface area contributed by atoms with Gasteiger partial charge in [0.1, 0.15) is 11.8 Å². The molecule has 166 valence electrons. The summed E-state index contributed by atoms with van der Waals surface area (Å²) in [6, 6.07) is 4.64. The number of halogens is 3. The number of nitrogens with zero attached hydrogens (tertiary/aromatic N) is 5. The quantitative estimate of drug-likeness (QED) is 0.537. The summed E-state index contributed by atoms with van der Waals surface area (Å²) in [5.41, 5.74) is -1.45. The molecule has 1 aromatic heterocycles. The second-order valence-corrected chi connectivity index (χ2v) is 7.97. The zero-order valence-electron chi connectivity index (χ0n) is 16.6. The van der Waals surface area contributed by atoms with Crippen LogP contribution < -0.4 is 4.74 Å². The van der Waals surface area contributed by atoms with Gasteiger partial charge in [-0.15, -0.1) is 0 Å². The molecular weight excluding hydrogens is 419 g/mol. The lowest BCUT2D eigenvalue weighted by molar-refractivity contribution is -0.389. The highest BCUT2D eigenvalue weighted by atomic mass is 19.4. The van der Waals surface area contributed by atoms with Crippen LogP contribution in [0.5, 0.6) is 6.01 Å². The molecule has 0 bridgehead atoms. The Kier molecular flexibility index (Phi) is 5.12. The van der Waals surface area contributed by atoms with Crippen molar-refractivity contribution in [2.45, 2.75) is 25.2 Å². The number of rotatable bonds is 4. The first-order valence-corrected chi connectivity index (χ1v) is 9.64. The van der Waals surface area contributed by atoms with Crippen LogP contribution >= 0.6 is 0 Å². The lowest BCUT2D eigenvalue weighted by Crippen LogP contribution is -2.53. The highest BCUT2D eigenvalue weighted by molar-refractivity contribution is 5.94. The van der Waals surface area contributed by atoms with E-state index in [0.717, 1.165) is 12.1 Å². The number of piperazine rings is 1. The summed E-state index contributed by atoms with van der Waals surface area (Å²) in [6.45, 7) is 4.64. The van der Waals surface area contributed by atoms with Crippen molar-refractivity contribution in [1.29, 1.82) is 0 Å². The first kappa shape index (κ1) is 21.1. The number of nitro groups is 1. The molecule has 0 spiro atoms. The predicted octanol–water partition coefficient (Wildman–Crippen LogP) is 2.42. The standard InChI is InChI=1S/C19H20F3N5O4/c1-18(12-26-10-15(27(29)30)23-17(26)31-18)11-24-5-7-25(8-6-24)16(28)13-3-2-4-14(9-13)19(20,21)22/h2-4,9-10H,5-8,11-12H2,1H3. The van der Waals surface area contributed by atoms with E-state index in [1.54, 1.807) is 4.57 Å². The van der Waals surface area contributed by atoms with E-state index < -0.39 is 28.2 Å². The van der Waals surface area contributed by atoms with E-state index in [4.69, 9.17) is 4.74 Å². The Morgan fingerprint density at radius 3 is 2.61 bits per heavy atom. The number of carbonyl (C=O) groups is 1. The third-order valence-electron chi connectivity index (χ3n) is 5.41. The Morgan fingerprint density at radius 2 is 2.00 bits per heavy atom. The third kappa shape index (κ3) is 4.33. The highest BCUT2D eigenvalue weighted by Gasteiger charge is 2.42. The molecule has 2 aliphatic heterocycles. The Hall–Kier alpha value is -3.15. The van der Waals surface area contributed by atoms with Crippen molar-refractivity contribution in [3.63, 3.8) is 0 Å². The van der Waals surface area contributed by atoms with Crippen LogP contribution in [0.4, 0.5) is 19.0 Å². The monoisotopic (exact) mass is 439 g/mol. The molecule has 1 unspecified atom stereocenters. The number of aromatic nitrogens is 2. The van der Waals surface area contributed by atoms with E-state index in [1.807, 2.05) is 6.92 Å². The molecule has 0 radical (unpaired) electrons. The van der Waals surface area contributed by atoms with E-state index in [-0.39, 0.29) is 17.4 Å². The zero-order chi connectivity index (χ0) is 22.4. The normalized spacial score (nSPS) is 21.6. The minimum Gasteiger partial charge on any atom is -0.436 e. The molecule has 1 atom stereocenters. The van der Waals surface area contributed by atoms with Crippen molar-refractivity contribution in [3.8, 4) is 6.01 Å². The number of ether oxygens (including phenoxy) is 1. The maximum atomic E-state index is 12.9. The van der Waals surface area contributed by atoms with E-state index in [0.29, 0.717) is 39.3 Å². The van der Waals surface area contributed by atoms with E-state index in [2.05, 4.69) is 9.88 Å². The minimum atomic E-state index is -4.50. The summed E-state index contributed by atoms with van der Waals surface area (Å²) >= 11 is 0. The molecule has 3 heterocycles. The fourth-order valence-electron chi connectivity index (χ4n) is 3.96. The van der Waals surface area contributed by atoms with Crippen molar-refractivity contribution < 1.29 is 27.6 Å². The molecule has 1 saturated heterocycles. The van der Waals surface area contributed by atoms with Crippen LogP contribution in [-0.2, 0) is 12.7 Å². The van der Waals surface area contributed by atoms with Gasteiger partial charge < -0.3 is 19.8 Å². The smallest absolute Gasteiger partial charge is 0.416 e. The SMILES string of the molecule is CC1(CN2CCN(C(=O)c3cccc(C(F)(F)F)c3)CC2)Cn2cc([N+](=O)[O-])nc2O1. The van der Waals surface area contributed by atoms with Gasteiger partial charge >= 0.3 is 18.0 Å². The molecule has 1 amide bonds. The van der Waals surface area contributed by atoms with Crippen LogP contribution in [-0.4, -0.2) is 68.5 Å².